The van der Waals surface area contributed by atoms with Gasteiger partial charge in [0.2, 0.25) is 0 Å². The van der Waals surface area contributed by atoms with Crippen LogP contribution in [0.25, 0.3) is 0 Å². The molecule has 1 aromatic carbocycles. The van der Waals surface area contributed by atoms with Gasteiger partial charge in [0.1, 0.15) is 0 Å². The van der Waals surface area contributed by atoms with Crippen LogP contribution >= 0.6 is 0 Å². The zero-order valence-corrected chi connectivity index (χ0v) is 6.95. The summed E-state index contributed by atoms with van der Waals surface area (Å²) in [6, 6.07) is 7.74. The molecule has 1 atom stereocenters. The Morgan fingerprint density at radius 2 is 2.17 bits per heavy atom. The van der Waals surface area contributed by atoms with Gasteiger partial charge in [0.05, 0.1) is 11.6 Å². The van der Waals surface area contributed by atoms with Gasteiger partial charge in [-0.2, -0.15) is 0 Å². The van der Waals surface area contributed by atoms with Crippen LogP contribution in [0.4, 0.5) is 5.69 Å². The molecular weight excluding hydrogens is 150 g/mol. The minimum absolute atomic E-state index is 0.0127. The van der Waals surface area contributed by atoms with Crippen molar-refractivity contribution >= 4 is 11.6 Å². The Balaban J connectivity index is 2.47. The third-order valence-electron chi connectivity index (χ3n) is 2.25. The van der Waals surface area contributed by atoms with E-state index in [1.165, 1.54) is 0 Å². The molecule has 1 radical (unpaired) electrons. The Morgan fingerprint density at radius 1 is 1.42 bits per heavy atom. The first-order valence-electron chi connectivity index (χ1n) is 4.17. The molecule has 1 aliphatic heterocycles. The molecule has 0 aromatic heterocycles. The summed E-state index contributed by atoms with van der Waals surface area (Å²) in [5, 5.41) is 3.97. The fourth-order valence-electron chi connectivity index (χ4n) is 1.61. The monoisotopic (exact) mass is 160 g/mol. The largest absolute Gasteiger partial charge is 0.272 e. The van der Waals surface area contributed by atoms with E-state index in [0.717, 1.165) is 17.7 Å². The van der Waals surface area contributed by atoms with Crippen LogP contribution in [-0.4, -0.2) is 5.91 Å². The van der Waals surface area contributed by atoms with E-state index < -0.39 is 0 Å². The van der Waals surface area contributed by atoms with Gasteiger partial charge in [0.15, 0.2) is 0 Å². The van der Waals surface area contributed by atoms with Crippen molar-refractivity contribution in [2.24, 2.45) is 0 Å². The molecule has 0 saturated heterocycles. The topological polar surface area (TPSA) is 31.2 Å². The maximum Gasteiger partial charge on any atom is 0.253 e. The summed E-state index contributed by atoms with van der Waals surface area (Å²) in [5.41, 5.74) is 1.94. The number of benzene rings is 1. The second-order valence-electron chi connectivity index (χ2n) is 2.97. The summed E-state index contributed by atoms with van der Waals surface area (Å²) in [4.78, 5) is 11.3. The molecule has 1 amide bonds. The zero-order chi connectivity index (χ0) is 8.55. The highest BCUT2D eigenvalue weighted by Crippen LogP contribution is 2.33. The predicted octanol–water partition coefficient (Wildman–Crippen LogP) is 1.96. The highest BCUT2D eigenvalue weighted by Gasteiger charge is 2.29. The van der Waals surface area contributed by atoms with Crippen molar-refractivity contribution in [3.05, 3.63) is 29.8 Å². The van der Waals surface area contributed by atoms with Gasteiger partial charge in [0, 0.05) is 0 Å². The van der Waals surface area contributed by atoms with Crippen LogP contribution in [0.5, 0.6) is 0 Å². The lowest BCUT2D eigenvalue weighted by molar-refractivity contribution is -0.120. The molecule has 1 unspecified atom stereocenters. The van der Waals surface area contributed by atoms with E-state index in [2.05, 4.69) is 5.32 Å². The summed E-state index contributed by atoms with van der Waals surface area (Å²) in [6.07, 6.45) is 0.847. The van der Waals surface area contributed by atoms with Gasteiger partial charge >= 0.3 is 0 Å². The van der Waals surface area contributed by atoms with E-state index in [9.17, 15) is 4.79 Å². The first kappa shape index (κ1) is 7.35. The number of rotatable bonds is 1. The SMILES string of the molecule is CCC1C(=O)[N]c2ccccc21. The molecule has 0 fully saturated rings. The number of para-hydroxylation sites is 1. The Hall–Kier alpha value is -1.31. The molecule has 1 heterocycles. The van der Waals surface area contributed by atoms with Crippen LogP contribution in [0, 0.1) is 0 Å². The van der Waals surface area contributed by atoms with Gasteiger partial charge in [-0.05, 0) is 18.1 Å². The van der Waals surface area contributed by atoms with E-state index in [-0.39, 0.29) is 11.8 Å². The Labute approximate surface area is 71.6 Å². The average molecular weight is 160 g/mol. The van der Waals surface area contributed by atoms with Crippen molar-refractivity contribution in [1.82, 2.24) is 5.32 Å². The number of hydrogen-bond acceptors (Lipinski definition) is 1. The highest BCUT2D eigenvalue weighted by atomic mass is 16.2. The second kappa shape index (κ2) is 2.63. The summed E-state index contributed by atoms with van der Waals surface area (Å²) < 4.78 is 0. The van der Waals surface area contributed by atoms with Crippen molar-refractivity contribution in [3.8, 4) is 0 Å². The van der Waals surface area contributed by atoms with E-state index >= 15 is 0 Å². The Morgan fingerprint density at radius 3 is 2.92 bits per heavy atom. The fourth-order valence-corrected chi connectivity index (χ4v) is 1.61. The Kier molecular flexibility index (Phi) is 1.61. The number of amides is 1. The van der Waals surface area contributed by atoms with Crippen LogP contribution in [0.2, 0.25) is 0 Å². The molecule has 0 saturated carbocycles. The van der Waals surface area contributed by atoms with E-state index in [1.54, 1.807) is 0 Å². The smallest absolute Gasteiger partial charge is 0.253 e. The molecule has 12 heavy (non-hydrogen) atoms. The Bertz CT molecular complexity index is 319. The second-order valence-corrected chi connectivity index (χ2v) is 2.97. The van der Waals surface area contributed by atoms with Crippen molar-refractivity contribution in [1.29, 1.82) is 0 Å². The van der Waals surface area contributed by atoms with Crippen LogP contribution in [0.1, 0.15) is 24.8 Å². The maximum absolute atomic E-state index is 11.3. The molecule has 0 N–H and O–H groups in total. The van der Waals surface area contributed by atoms with E-state index in [0.29, 0.717) is 0 Å². The maximum atomic E-state index is 11.3. The fraction of sp³-hybridized carbons (Fsp3) is 0.300. The van der Waals surface area contributed by atoms with Gasteiger partial charge in [-0.1, -0.05) is 25.1 Å². The first-order chi connectivity index (χ1) is 5.83. The molecule has 61 valence electrons. The molecule has 2 heteroatoms. The number of hydrogen-bond donors (Lipinski definition) is 0. The molecule has 0 aliphatic carbocycles. The van der Waals surface area contributed by atoms with Crippen molar-refractivity contribution in [3.63, 3.8) is 0 Å². The lowest BCUT2D eigenvalue weighted by Gasteiger charge is -2.02. The normalized spacial score (nSPS) is 20.4. The molecule has 2 rings (SSSR count). The molecule has 2 nitrogen and oxygen atoms in total. The standard InChI is InChI=1S/C10H10NO/c1-2-7-8-5-3-4-6-9(8)11-10(7)12/h3-7H,2H2,1H3. The van der Waals surface area contributed by atoms with E-state index in [1.807, 2.05) is 31.2 Å². The van der Waals surface area contributed by atoms with Gasteiger partial charge in [-0.15, -0.1) is 0 Å². The van der Waals surface area contributed by atoms with Crippen LogP contribution in [-0.2, 0) is 4.79 Å². The summed E-state index contributed by atoms with van der Waals surface area (Å²) in [7, 11) is 0. The average Bonchev–Trinajstić information content (AvgIpc) is 2.40. The first-order valence-corrected chi connectivity index (χ1v) is 4.17. The van der Waals surface area contributed by atoms with Crippen molar-refractivity contribution < 1.29 is 4.79 Å². The number of nitrogens with zero attached hydrogens (tertiary/aromatic N) is 1. The molecule has 1 aliphatic rings. The minimum Gasteiger partial charge on any atom is -0.272 e. The number of carbonyl (C=O) groups is 1. The molecule has 1 aromatic rings. The van der Waals surface area contributed by atoms with Gasteiger partial charge in [0.25, 0.3) is 5.91 Å². The summed E-state index contributed by atoms with van der Waals surface area (Å²) >= 11 is 0. The van der Waals surface area contributed by atoms with Crippen molar-refractivity contribution in [2.45, 2.75) is 19.3 Å². The van der Waals surface area contributed by atoms with Crippen LogP contribution < -0.4 is 5.32 Å². The van der Waals surface area contributed by atoms with E-state index in [4.69, 9.17) is 0 Å². The van der Waals surface area contributed by atoms with Gasteiger partial charge < -0.3 is 0 Å². The summed E-state index contributed by atoms with van der Waals surface area (Å²) in [5.74, 6) is 0.0277. The lowest BCUT2D eigenvalue weighted by Crippen LogP contribution is -2.09. The van der Waals surface area contributed by atoms with Crippen LogP contribution in [0.3, 0.4) is 0 Å². The quantitative estimate of drug-likeness (QED) is 0.617. The predicted molar refractivity (Wildman–Crippen MR) is 46.3 cm³/mol. The lowest BCUT2D eigenvalue weighted by atomic mass is 9.98. The number of carbonyl (C=O) groups excluding carboxylic acids is 1. The minimum atomic E-state index is 0.0127. The van der Waals surface area contributed by atoms with Crippen molar-refractivity contribution in [2.75, 3.05) is 0 Å². The third-order valence-corrected chi connectivity index (χ3v) is 2.25. The zero-order valence-electron chi connectivity index (χ0n) is 6.95. The summed E-state index contributed by atoms with van der Waals surface area (Å²) in [6.45, 7) is 2.01. The molecule has 0 spiro atoms. The molecule has 0 bridgehead atoms. The number of fused-ring (bicyclic) bond motifs is 1. The third kappa shape index (κ3) is 0.916. The van der Waals surface area contributed by atoms with Gasteiger partial charge in [-0.3, -0.25) is 4.79 Å². The highest BCUT2D eigenvalue weighted by molar-refractivity contribution is 5.93. The van der Waals surface area contributed by atoms with Gasteiger partial charge in [-0.25, -0.2) is 5.32 Å². The molecular formula is C10H10NO. The van der Waals surface area contributed by atoms with Crippen LogP contribution in [0.15, 0.2) is 24.3 Å².